The van der Waals surface area contributed by atoms with Crippen LogP contribution in [0, 0.1) is 0 Å². The van der Waals surface area contributed by atoms with Crippen LogP contribution in [0.5, 0.6) is 0 Å². The highest BCUT2D eigenvalue weighted by atomic mass is 35.5. The third-order valence-electron chi connectivity index (χ3n) is 3.37. The van der Waals surface area contributed by atoms with E-state index in [4.69, 9.17) is 23.2 Å². The van der Waals surface area contributed by atoms with E-state index >= 15 is 0 Å². The zero-order valence-electron chi connectivity index (χ0n) is 11.3. The molecule has 1 fully saturated rings. The Morgan fingerprint density at radius 3 is 2.68 bits per heavy atom. The molecule has 112 valence electrons. The number of nitrogens with one attached hydrogen (secondary N) is 1. The highest BCUT2D eigenvalue weighted by molar-refractivity contribution is 6.35. The molecule has 22 heavy (non-hydrogen) atoms. The highest BCUT2D eigenvalue weighted by Crippen LogP contribution is 2.23. The largest absolute Gasteiger partial charge is 0.338 e. The molecule has 0 saturated carbocycles. The van der Waals surface area contributed by atoms with Crippen LogP contribution in [-0.4, -0.2) is 29.4 Å². The van der Waals surface area contributed by atoms with E-state index < -0.39 is 11.9 Å². The summed E-state index contributed by atoms with van der Waals surface area (Å²) in [7, 11) is 0. The first-order valence-electron chi connectivity index (χ1n) is 6.54. The first-order chi connectivity index (χ1) is 10.6. The Bertz CT molecular complexity index is 737. The second kappa shape index (κ2) is 5.94. The lowest BCUT2D eigenvalue weighted by atomic mass is 10.1. The molecule has 3 rings (SSSR count). The van der Waals surface area contributed by atoms with Crippen LogP contribution in [0.15, 0.2) is 42.6 Å². The summed E-state index contributed by atoms with van der Waals surface area (Å²) in [5.74, 6) is -0.601. The van der Waals surface area contributed by atoms with Crippen LogP contribution in [0.3, 0.4) is 0 Å². The lowest BCUT2D eigenvalue weighted by Gasteiger charge is -2.38. The summed E-state index contributed by atoms with van der Waals surface area (Å²) < 4.78 is 0. The van der Waals surface area contributed by atoms with Crippen LogP contribution < -0.4 is 10.2 Å². The second-order valence-corrected chi connectivity index (χ2v) is 5.59. The molecule has 7 heteroatoms. The average molecular weight is 336 g/mol. The third-order valence-corrected chi connectivity index (χ3v) is 3.88. The quantitative estimate of drug-likeness (QED) is 0.692. The van der Waals surface area contributed by atoms with Crippen molar-refractivity contribution < 1.29 is 9.59 Å². The van der Waals surface area contributed by atoms with E-state index in [0.29, 0.717) is 6.54 Å². The number of β-lactam (4-membered cyclic amide) rings is 1. The summed E-state index contributed by atoms with van der Waals surface area (Å²) in [6, 6.07) is 10.1. The molecule has 1 aliphatic heterocycles. The first-order valence-corrected chi connectivity index (χ1v) is 7.30. The number of benzene rings is 1. The lowest BCUT2D eigenvalue weighted by molar-refractivity contribution is -0.124. The monoisotopic (exact) mass is 335 g/mol. The predicted molar refractivity (Wildman–Crippen MR) is 84.3 cm³/mol. The summed E-state index contributed by atoms with van der Waals surface area (Å²) in [5.41, 5.74) is 1.01. The Balaban J connectivity index is 1.67. The van der Waals surface area contributed by atoms with Crippen molar-refractivity contribution in [2.24, 2.45) is 0 Å². The molecule has 0 aliphatic carbocycles. The smallest absolute Gasteiger partial charge is 0.253 e. The van der Waals surface area contributed by atoms with Crippen molar-refractivity contribution in [2.75, 3.05) is 11.4 Å². The number of nitrogens with zero attached hydrogens (tertiary/aromatic N) is 2. The fourth-order valence-corrected chi connectivity index (χ4v) is 2.54. The number of pyridine rings is 1. The van der Waals surface area contributed by atoms with Crippen molar-refractivity contribution in [1.82, 2.24) is 10.3 Å². The molecule has 0 bridgehead atoms. The van der Waals surface area contributed by atoms with E-state index in [1.54, 1.807) is 4.90 Å². The molecule has 1 N–H and O–H groups in total. The van der Waals surface area contributed by atoms with Crippen molar-refractivity contribution in [3.8, 4) is 0 Å². The molecule has 1 saturated heterocycles. The molecule has 0 spiro atoms. The van der Waals surface area contributed by atoms with Crippen molar-refractivity contribution in [1.29, 1.82) is 0 Å². The Labute approximate surface area is 136 Å². The molecule has 2 amide bonds. The van der Waals surface area contributed by atoms with Gasteiger partial charge in [-0.15, -0.1) is 0 Å². The van der Waals surface area contributed by atoms with Crippen molar-refractivity contribution in [3.05, 3.63) is 58.3 Å². The molecule has 1 aliphatic rings. The van der Waals surface area contributed by atoms with Gasteiger partial charge in [0.05, 0.1) is 17.1 Å². The SMILES string of the molecule is O=C(NC1CN(c2ccccc2)C1=O)c1cc(Cl)ncc1Cl. The number of hydrogen-bond donors (Lipinski definition) is 1. The van der Waals surface area contributed by atoms with E-state index in [0.717, 1.165) is 5.69 Å². The Morgan fingerprint density at radius 1 is 1.27 bits per heavy atom. The van der Waals surface area contributed by atoms with Gasteiger partial charge in [-0.25, -0.2) is 4.98 Å². The molecule has 0 radical (unpaired) electrons. The van der Waals surface area contributed by atoms with Gasteiger partial charge in [-0.05, 0) is 18.2 Å². The van der Waals surface area contributed by atoms with Gasteiger partial charge in [-0.2, -0.15) is 0 Å². The van der Waals surface area contributed by atoms with Gasteiger partial charge >= 0.3 is 0 Å². The van der Waals surface area contributed by atoms with E-state index in [9.17, 15) is 9.59 Å². The summed E-state index contributed by atoms with van der Waals surface area (Å²) in [5, 5.41) is 3.00. The zero-order chi connectivity index (χ0) is 15.7. The summed E-state index contributed by atoms with van der Waals surface area (Å²) in [4.78, 5) is 29.7. The number of carbonyl (C=O) groups is 2. The number of hydrogen-bond acceptors (Lipinski definition) is 3. The maximum absolute atomic E-state index is 12.2. The maximum Gasteiger partial charge on any atom is 0.253 e. The number of carbonyl (C=O) groups excluding carboxylic acids is 2. The molecule has 2 aromatic rings. The minimum absolute atomic E-state index is 0.157. The Kier molecular flexibility index (Phi) is 4.00. The van der Waals surface area contributed by atoms with Crippen LogP contribution in [0.1, 0.15) is 10.4 Å². The van der Waals surface area contributed by atoms with Gasteiger partial charge in [0.15, 0.2) is 0 Å². The van der Waals surface area contributed by atoms with Crippen molar-refractivity contribution >= 4 is 40.7 Å². The molecular weight excluding hydrogens is 325 g/mol. The van der Waals surface area contributed by atoms with Crippen LogP contribution in [0.4, 0.5) is 5.69 Å². The van der Waals surface area contributed by atoms with E-state index in [-0.39, 0.29) is 21.6 Å². The summed E-state index contributed by atoms with van der Waals surface area (Å²) in [6.07, 6.45) is 1.30. The first kappa shape index (κ1) is 14.8. The van der Waals surface area contributed by atoms with Crippen molar-refractivity contribution in [3.63, 3.8) is 0 Å². The van der Waals surface area contributed by atoms with E-state index in [1.165, 1.54) is 12.3 Å². The Hall–Kier alpha value is -2.11. The van der Waals surface area contributed by atoms with Gasteiger partial charge in [-0.1, -0.05) is 41.4 Å². The average Bonchev–Trinajstić information content (AvgIpc) is 2.53. The summed E-state index contributed by atoms with van der Waals surface area (Å²) in [6.45, 7) is 0.422. The second-order valence-electron chi connectivity index (χ2n) is 4.80. The minimum atomic E-state index is -0.560. The molecule has 2 heterocycles. The van der Waals surface area contributed by atoms with Gasteiger partial charge in [0.2, 0.25) is 0 Å². The fraction of sp³-hybridized carbons (Fsp3) is 0.133. The molecule has 1 aromatic heterocycles. The Morgan fingerprint density at radius 2 is 2.00 bits per heavy atom. The van der Waals surface area contributed by atoms with Crippen molar-refractivity contribution in [2.45, 2.75) is 6.04 Å². The van der Waals surface area contributed by atoms with Gasteiger partial charge in [-0.3, -0.25) is 9.59 Å². The fourth-order valence-electron chi connectivity index (χ4n) is 2.20. The number of anilines is 1. The molecule has 1 aromatic carbocycles. The number of halogens is 2. The molecule has 1 atom stereocenters. The van der Waals surface area contributed by atoms with Gasteiger partial charge in [0.1, 0.15) is 11.2 Å². The van der Waals surface area contributed by atoms with Crippen LogP contribution in [0.2, 0.25) is 10.2 Å². The maximum atomic E-state index is 12.2. The van der Waals surface area contributed by atoms with Crippen LogP contribution >= 0.6 is 23.2 Å². The topological polar surface area (TPSA) is 62.3 Å². The predicted octanol–water partition coefficient (Wildman–Crippen LogP) is 2.53. The van der Waals surface area contributed by atoms with Gasteiger partial charge in [0.25, 0.3) is 11.8 Å². The highest BCUT2D eigenvalue weighted by Gasteiger charge is 2.38. The number of rotatable bonds is 3. The van der Waals surface area contributed by atoms with Crippen LogP contribution in [0.25, 0.3) is 0 Å². The minimum Gasteiger partial charge on any atom is -0.338 e. The molecule has 1 unspecified atom stereocenters. The number of aromatic nitrogens is 1. The molecular formula is C15H11Cl2N3O2. The zero-order valence-corrected chi connectivity index (χ0v) is 12.8. The molecule has 5 nitrogen and oxygen atoms in total. The van der Waals surface area contributed by atoms with Crippen LogP contribution in [-0.2, 0) is 4.79 Å². The van der Waals surface area contributed by atoms with Gasteiger partial charge in [0, 0.05) is 11.9 Å². The number of para-hydroxylation sites is 1. The summed E-state index contributed by atoms with van der Waals surface area (Å²) >= 11 is 11.7. The normalized spacial score (nSPS) is 17.1. The lowest BCUT2D eigenvalue weighted by Crippen LogP contribution is -2.64. The number of amides is 2. The van der Waals surface area contributed by atoms with Gasteiger partial charge < -0.3 is 10.2 Å². The van der Waals surface area contributed by atoms with E-state index in [1.807, 2.05) is 30.3 Å². The standard InChI is InChI=1S/C15H11Cl2N3O2/c16-11-7-18-13(17)6-10(11)14(21)19-12-8-20(15(12)22)9-4-2-1-3-5-9/h1-7,12H,8H2,(H,19,21). The third kappa shape index (κ3) is 2.77. The van der Waals surface area contributed by atoms with E-state index in [2.05, 4.69) is 10.3 Å².